The lowest BCUT2D eigenvalue weighted by molar-refractivity contribution is -0.143. The van der Waals surface area contributed by atoms with Crippen LogP contribution in [0.5, 0.6) is 5.75 Å². The van der Waals surface area contributed by atoms with Gasteiger partial charge in [0.1, 0.15) is 24.4 Å². The van der Waals surface area contributed by atoms with Crippen molar-refractivity contribution in [2.75, 3.05) is 13.7 Å². The molecule has 2 amide bonds. The van der Waals surface area contributed by atoms with Gasteiger partial charge >= 0.3 is 5.97 Å². The van der Waals surface area contributed by atoms with Crippen molar-refractivity contribution in [2.45, 2.75) is 72.3 Å². The van der Waals surface area contributed by atoms with E-state index in [4.69, 9.17) is 27.9 Å². The smallest absolute Gasteiger partial charge is 0.325 e. The van der Waals surface area contributed by atoms with Crippen molar-refractivity contribution in [1.82, 2.24) is 10.6 Å². The van der Waals surface area contributed by atoms with E-state index in [-0.39, 0.29) is 22.9 Å². The Bertz CT molecular complexity index is 954. The number of nitrogens with zero attached hydrogens (tertiary/aromatic N) is 1. The molecule has 0 aromatic heterocycles. The van der Waals surface area contributed by atoms with E-state index >= 15 is 0 Å². The van der Waals surface area contributed by atoms with Gasteiger partial charge in [-0.15, -0.1) is 0 Å². The first-order chi connectivity index (χ1) is 16.0. The summed E-state index contributed by atoms with van der Waals surface area (Å²) in [5, 5.41) is 15.7. The maximum Gasteiger partial charge on any atom is 0.325 e. The van der Waals surface area contributed by atoms with Gasteiger partial charge in [0.2, 0.25) is 11.8 Å². The molecule has 0 aliphatic rings. The topological polar surface area (TPSA) is 126 Å². The van der Waals surface area contributed by atoms with Gasteiger partial charge in [0.15, 0.2) is 0 Å². The molecule has 0 bridgehead atoms. The predicted molar refractivity (Wildman–Crippen MR) is 136 cm³/mol. The third-order valence-corrected chi connectivity index (χ3v) is 5.22. The second kappa shape index (κ2) is 12.6. The van der Waals surface area contributed by atoms with Gasteiger partial charge < -0.3 is 25.2 Å². The number of rotatable bonds is 9. The number of amides is 2. The fourth-order valence-corrected chi connectivity index (χ4v) is 3.63. The Morgan fingerprint density at radius 2 is 1.71 bits per heavy atom. The van der Waals surface area contributed by atoms with Gasteiger partial charge in [-0.25, -0.2) is 0 Å². The zero-order chi connectivity index (χ0) is 27.1. The van der Waals surface area contributed by atoms with E-state index in [1.54, 1.807) is 27.7 Å². The summed E-state index contributed by atoms with van der Waals surface area (Å²) in [6.07, 6.45) is 0.571. The van der Waals surface area contributed by atoms with Crippen molar-refractivity contribution >= 4 is 47.2 Å². The molecule has 0 fully saturated rings. The molecule has 1 aromatic rings. The molecule has 0 aliphatic heterocycles. The monoisotopic (exact) mass is 531 g/mol. The van der Waals surface area contributed by atoms with Crippen LogP contribution in [-0.2, 0) is 23.9 Å². The van der Waals surface area contributed by atoms with E-state index in [2.05, 4.69) is 20.4 Å². The van der Waals surface area contributed by atoms with Crippen molar-refractivity contribution in [3.8, 4) is 5.75 Å². The maximum atomic E-state index is 13.3. The molecule has 1 unspecified atom stereocenters. The lowest BCUT2D eigenvalue weighted by atomic mass is 9.86. The maximum absolute atomic E-state index is 13.3. The molecule has 0 spiro atoms. The van der Waals surface area contributed by atoms with Crippen LogP contribution in [0.25, 0.3) is 0 Å². The average Bonchev–Trinajstić information content (AvgIpc) is 2.70. The van der Waals surface area contributed by atoms with E-state index < -0.39 is 47.0 Å². The fraction of sp³-hybridized carbons (Fsp3) is 0.583. The number of aliphatic imine (C=N–C) groups is 1. The van der Waals surface area contributed by atoms with Crippen LogP contribution < -0.4 is 10.6 Å². The Hall–Kier alpha value is -2.36. The second-order valence-electron chi connectivity index (χ2n) is 10.1. The highest BCUT2D eigenvalue weighted by atomic mass is 35.5. The van der Waals surface area contributed by atoms with Crippen LogP contribution in [0.2, 0.25) is 10.0 Å². The molecule has 0 saturated heterocycles. The summed E-state index contributed by atoms with van der Waals surface area (Å²) in [6, 6.07) is 0.766. The molecule has 1 aromatic carbocycles. The lowest BCUT2D eigenvalue weighted by Crippen LogP contribution is -2.57. The molecule has 9 nitrogen and oxygen atoms in total. The van der Waals surface area contributed by atoms with Crippen LogP contribution in [0.4, 0.5) is 0 Å². The number of carbonyl (C=O) groups excluding carboxylic acids is 3. The largest absolute Gasteiger partial charge is 0.506 e. The highest BCUT2D eigenvalue weighted by Gasteiger charge is 2.36. The fourth-order valence-electron chi connectivity index (χ4n) is 3.12. The number of halogens is 2. The summed E-state index contributed by atoms with van der Waals surface area (Å²) in [4.78, 5) is 42.1. The SMILES string of the molecule is COC(=O)CNC(=O)[C@H](NC(=O)[C@@H](N=Cc1cc(Cl)cc(Cl)c1O)C(C)(C)C)C(C)OC(C)(C)C. The van der Waals surface area contributed by atoms with E-state index in [0.717, 1.165) is 0 Å². The van der Waals surface area contributed by atoms with Crippen LogP contribution in [0, 0.1) is 5.41 Å². The Morgan fingerprint density at radius 1 is 1.11 bits per heavy atom. The van der Waals surface area contributed by atoms with Gasteiger partial charge in [-0.05, 0) is 45.2 Å². The number of carbonyl (C=O) groups is 3. The first-order valence-corrected chi connectivity index (χ1v) is 11.8. The van der Waals surface area contributed by atoms with Gasteiger partial charge in [0.05, 0.1) is 23.8 Å². The molecule has 196 valence electrons. The van der Waals surface area contributed by atoms with Crippen LogP contribution in [0.1, 0.15) is 54.0 Å². The van der Waals surface area contributed by atoms with E-state index in [1.165, 1.54) is 25.5 Å². The minimum absolute atomic E-state index is 0.0474. The number of methoxy groups -OCH3 is 1. The van der Waals surface area contributed by atoms with Crippen LogP contribution in [0.15, 0.2) is 17.1 Å². The molecule has 0 aliphatic carbocycles. The van der Waals surface area contributed by atoms with Crippen molar-refractivity contribution < 1.29 is 29.0 Å². The van der Waals surface area contributed by atoms with Gasteiger partial charge in [-0.1, -0.05) is 44.0 Å². The van der Waals surface area contributed by atoms with Crippen LogP contribution >= 0.6 is 23.2 Å². The van der Waals surface area contributed by atoms with Crippen molar-refractivity contribution in [2.24, 2.45) is 10.4 Å². The Kier molecular flexibility index (Phi) is 11.0. The van der Waals surface area contributed by atoms with E-state index in [0.29, 0.717) is 5.02 Å². The highest BCUT2D eigenvalue weighted by molar-refractivity contribution is 6.36. The molecule has 0 heterocycles. The molecule has 0 saturated carbocycles. The van der Waals surface area contributed by atoms with Crippen LogP contribution in [0.3, 0.4) is 0 Å². The lowest BCUT2D eigenvalue weighted by Gasteiger charge is -2.33. The Balaban J connectivity index is 3.25. The van der Waals surface area contributed by atoms with E-state index in [9.17, 15) is 19.5 Å². The number of esters is 1. The quantitative estimate of drug-likeness (QED) is 0.330. The van der Waals surface area contributed by atoms with Crippen molar-refractivity contribution in [1.29, 1.82) is 0 Å². The molecule has 3 atom stereocenters. The zero-order valence-corrected chi connectivity index (χ0v) is 22.9. The summed E-state index contributed by atoms with van der Waals surface area (Å²) >= 11 is 12.0. The van der Waals surface area contributed by atoms with Gasteiger partial charge in [-0.2, -0.15) is 0 Å². The summed E-state index contributed by atoms with van der Waals surface area (Å²) in [6.45, 7) is 12.2. The van der Waals surface area contributed by atoms with Crippen LogP contribution in [-0.4, -0.2) is 66.5 Å². The number of nitrogens with one attached hydrogen (secondary N) is 2. The zero-order valence-electron chi connectivity index (χ0n) is 21.4. The predicted octanol–water partition coefficient (Wildman–Crippen LogP) is 3.51. The molecule has 0 radical (unpaired) electrons. The molecule has 11 heteroatoms. The second-order valence-corrected chi connectivity index (χ2v) is 10.9. The highest BCUT2D eigenvalue weighted by Crippen LogP contribution is 2.31. The minimum atomic E-state index is -1.12. The number of hydrogen-bond acceptors (Lipinski definition) is 7. The standard InChI is InChI=1S/C24H35Cl2N3O6/c1-13(35-24(5,6)7)18(21(32)28-12-17(30)34-8)29-22(33)20(23(2,3)4)27-11-14-9-15(25)10-16(26)19(14)31/h9-11,13,18,20,31H,12H2,1-8H3,(H,28,32)(H,29,33)/t13?,18-,20-/m1/s1. The van der Waals surface area contributed by atoms with Crippen molar-refractivity contribution in [3.05, 3.63) is 27.7 Å². The molecular formula is C24H35Cl2N3O6. The van der Waals surface area contributed by atoms with E-state index in [1.807, 2.05) is 20.8 Å². The first kappa shape index (κ1) is 30.7. The first-order valence-electron chi connectivity index (χ1n) is 11.0. The Labute approximate surface area is 216 Å². The minimum Gasteiger partial charge on any atom is -0.506 e. The summed E-state index contributed by atoms with van der Waals surface area (Å²) in [5.74, 6) is -2.02. The summed E-state index contributed by atoms with van der Waals surface area (Å²) in [5.41, 5.74) is -1.03. The average molecular weight is 532 g/mol. The number of hydrogen-bond donors (Lipinski definition) is 3. The number of benzene rings is 1. The summed E-state index contributed by atoms with van der Waals surface area (Å²) < 4.78 is 10.5. The number of phenolic OH excluding ortho intramolecular Hbond substituents is 1. The normalized spacial score (nSPS) is 14.8. The third-order valence-electron chi connectivity index (χ3n) is 4.71. The summed E-state index contributed by atoms with van der Waals surface area (Å²) in [7, 11) is 1.20. The number of phenols is 1. The number of ether oxygens (including phenoxy) is 2. The molecule has 1 rings (SSSR count). The van der Waals surface area contributed by atoms with Gasteiger partial charge in [-0.3, -0.25) is 19.4 Å². The molecule has 3 N–H and O–H groups in total. The van der Waals surface area contributed by atoms with Crippen molar-refractivity contribution in [3.63, 3.8) is 0 Å². The van der Waals surface area contributed by atoms with Gasteiger partial charge in [0, 0.05) is 16.8 Å². The Morgan fingerprint density at radius 3 is 2.23 bits per heavy atom. The molecular weight excluding hydrogens is 497 g/mol. The molecule has 35 heavy (non-hydrogen) atoms. The number of aromatic hydroxyl groups is 1. The third kappa shape index (κ3) is 10.0. The van der Waals surface area contributed by atoms with Gasteiger partial charge in [0.25, 0.3) is 0 Å².